The summed E-state index contributed by atoms with van der Waals surface area (Å²) in [7, 11) is 0. The van der Waals surface area contributed by atoms with Gasteiger partial charge in [0.05, 0.1) is 11.6 Å². The minimum atomic E-state index is -4.41. The van der Waals surface area contributed by atoms with E-state index in [0.29, 0.717) is 31.6 Å². The topological polar surface area (TPSA) is 61.4 Å². The van der Waals surface area contributed by atoms with Crippen LogP contribution in [0.15, 0.2) is 18.2 Å². The lowest BCUT2D eigenvalue weighted by atomic mass is 9.65. The van der Waals surface area contributed by atoms with Gasteiger partial charge in [0.25, 0.3) is 0 Å². The lowest BCUT2D eigenvalue weighted by Gasteiger charge is -2.53. The summed E-state index contributed by atoms with van der Waals surface area (Å²) in [6.45, 7) is 1.26. The van der Waals surface area contributed by atoms with Crippen LogP contribution in [0.3, 0.4) is 0 Å². The molecule has 5 nitrogen and oxygen atoms in total. The summed E-state index contributed by atoms with van der Waals surface area (Å²) in [6.07, 6.45) is -1.54. The van der Waals surface area contributed by atoms with Crippen molar-refractivity contribution in [2.45, 2.75) is 50.2 Å². The molecule has 10 heteroatoms. The summed E-state index contributed by atoms with van der Waals surface area (Å²) in [4.78, 5) is 26.4. The number of nitrogens with zero attached hydrogens (tertiary/aromatic N) is 1. The van der Waals surface area contributed by atoms with Crippen molar-refractivity contribution < 1.29 is 27.2 Å². The largest absolute Gasteiger partial charge is 0.411 e. The van der Waals surface area contributed by atoms with Gasteiger partial charge < -0.3 is 10.6 Å². The van der Waals surface area contributed by atoms with Crippen molar-refractivity contribution in [1.82, 2.24) is 10.2 Å². The second-order valence-electron chi connectivity index (χ2n) is 9.17. The fraction of sp³-hybridized carbons (Fsp3) is 0.619. The number of anilines is 1. The third kappa shape index (κ3) is 4.67. The van der Waals surface area contributed by atoms with Gasteiger partial charge in [-0.1, -0.05) is 11.6 Å². The van der Waals surface area contributed by atoms with E-state index in [1.54, 1.807) is 6.07 Å². The van der Waals surface area contributed by atoms with E-state index in [1.165, 1.54) is 12.1 Å². The number of benzene rings is 1. The van der Waals surface area contributed by atoms with E-state index in [1.807, 2.05) is 4.90 Å². The molecule has 31 heavy (non-hydrogen) atoms. The number of carbonyl (C=O) groups excluding carboxylic acids is 2. The summed E-state index contributed by atoms with van der Waals surface area (Å²) >= 11 is 5.65. The first-order valence-electron chi connectivity index (χ1n) is 10.4. The first kappa shape index (κ1) is 22.3. The highest BCUT2D eigenvalue weighted by atomic mass is 35.5. The molecule has 0 atom stereocenters. The van der Waals surface area contributed by atoms with Gasteiger partial charge in [-0.15, -0.1) is 0 Å². The molecule has 0 bridgehead atoms. The number of likely N-dealkylation sites (tertiary alicyclic amines) is 1. The molecule has 1 saturated heterocycles. The summed E-state index contributed by atoms with van der Waals surface area (Å²) < 4.78 is 52.4. The van der Waals surface area contributed by atoms with Crippen molar-refractivity contribution in [3.63, 3.8) is 0 Å². The molecule has 2 aliphatic carbocycles. The van der Waals surface area contributed by atoms with E-state index < -0.39 is 23.4 Å². The van der Waals surface area contributed by atoms with Crippen molar-refractivity contribution in [2.75, 3.05) is 25.0 Å². The number of amides is 2. The predicted molar refractivity (Wildman–Crippen MR) is 107 cm³/mol. The third-order valence-corrected chi connectivity index (χ3v) is 7.07. The van der Waals surface area contributed by atoms with Crippen LogP contribution in [-0.2, 0) is 9.59 Å². The first-order chi connectivity index (χ1) is 14.5. The average molecular weight is 462 g/mol. The number of hydrogen-bond acceptors (Lipinski definition) is 3. The molecule has 170 valence electrons. The highest BCUT2D eigenvalue weighted by Crippen LogP contribution is 2.49. The van der Waals surface area contributed by atoms with Crippen molar-refractivity contribution in [2.24, 2.45) is 11.3 Å². The zero-order chi connectivity index (χ0) is 22.4. The lowest BCUT2D eigenvalue weighted by Crippen LogP contribution is -2.61. The number of rotatable bonds is 5. The summed E-state index contributed by atoms with van der Waals surface area (Å²) in [6, 6.07) is 4.12. The Hall–Kier alpha value is -1.87. The van der Waals surface area contributed by atoms with E-state index >= 15 is 0 Å². The van der Waals surface area contributed by atoms with Crippen LogP contribution in [0.25, 0.3) is 0 Å². The van der Waals surface area contributed by atoms with Gasteiger partial charge in [-0.3, -0.25) is 14.5 Å². The minimum Gasteiger partial charge on any atom is -0.341 e. The van der Waals surface area contributed by atoms with Crippen LogP contribution < -0.4 is 10.6 Å². The van der Waals surface area contributed by atoms with E-state index in [0.717, 1.165) is 12.8 Å². The molecular formula is C21H24ClF4N3O2. The van der Waals surface area contributed by atoms with Crippen molar-refractivity contribution in [3.05, 3.63) is 29.0 Å². The fourth-order valence-corrected chi connectivity index (χ4v) is 4.87. The second kappa shape index (κ2) is 7.92. The highest BCUT2D eigenvalue weighted by molar-refractivity contribution is 6.30. The van der Waals surface area contributed by atoms with Crippen molar-refractivity contribution in [1.29, 1.82) is 0 Å². The van der Waals surface area contributed by atoms with Crippen molar-refractivity contribution >= 4 is 29.1 Å². The van der Waals surface area contributed by atoms with Crippen molar-refractivity contribution in [3.8, 4) is 0 Å². The Morgan fingerprint density at radius 3 is 2.32 bits per heavy atom. The van der Waals surface area contributed by atoms with E-state index in [9.17, 15) is 27.2 Å². The molecule has 1 spiro atoms. The van der Waals surface area contributed by atoms with Gasteiger partial charge in [0.15, 0.2) is 0 Å². The quantitative estimate of drug-likeness (QED) is 0.648. The molecule has 1 aliphatic heterocycles. The molecule has 1 aromatic rings. The zero-order valence-corrected chi connectivity index (χ0v) is 17.6. The van der Waals surface area contributed by atoms with Crippen LogP contribution in [-0.4, -0.2) is 48.1 Å². The Bertz CT molecular complexity index is 872. The second-order valence-corrected chi connectivity index (χ2v) is 9.57. The average Bonchev–Trinajstić information content (AvgIpc) is 3.44. The molecule has 3 aliphatic rings. The summed E-state index contributed by atoms with van der Waals surface area (Å²) in [5.41, 5.74) is -1.64. The molecule has 1 aromatic carbocycles. The van der Waals surface area contributed by atoms with Crippen LogP contribution in [0.5, 0.6) is 0 Å². The fourth-order valence-electron chi connectivity index (χ4n) is 4.75. The summed E-state index contributed by atoms with van der Waals surface area (Å²) in [5, 5.41) is 4.87. The summed E-state index contributed by atoms with van der Waals surface area (Å²) in [5.74, 6) is -1.52. The number of alkyl halides is 3. The Morgan fingerprint density at radius 1 is 1.13 bits per heavy atom. The highest BCUT2D eigenvalue weighted by Gasteiger charge is 2.64. The molecule has 2 N–H and O–H groups in total. The monoisotopic (exact) mass is 461 g/mol. The van der Waals surface area contributed by atoms with E-state index in [4.69, 9.17) is 11.6 Å². The maximum Gasteiger partial charge on any atom is 0.411 e. The molecule has 4 rings (SSSR count). The van der Waals surface area contributed by atoms with Gasteiger partial charge in [-0.05, 0) is 62.1 Å². The van der Waals surface area contributed by atoms with E-state index in [-0.39, 0.29) is 41.6 Å². The molecule has 0 radical (unpaired) electrons. The van der Waals surface area contributed by atoms with Crippen LogP contribution in [0.2, 0.25) is 5.02 Å². The van der Waals surface area contributed by atoms with Gasteiger partial charge in [-0.25, -0.2) is 4.39 Å². The SMILES string of the molecule is O=C(CN1CC2(CCC(C(=O)Nc3ccc(Cl)c(F)c3)CC2)C1)NC1(C(F)(F)F)CC1. The van der Waals surface area contributed by atoms with Gasteiger partial charge in [-0.2, -0.15) is 13.2 Å². The Balaban J connectivity index is 1.20. The molecular weight excluding hydrogens is 438 g/mol. The van der Waals surface area contributed by atoms with Crippen LogP contribution in [0.4, 0.5) is 23.2 Å². The van der Waals surface area contributed by atoms with E-state index in [2.05, 4.69) is 10.6 Å². The van der Waals surface area contributed by atoms with Crippen LogP contribution in [0, 0.1) is 17.2 Å². The smallest absolute Gasteiger partial charge is 0.341 e. The van der Waals surface area contributed by atoms with Gasteiger partial charge >= 0.3 is 6.18 Å². The number of halogens is 5. The standard InChI is InChI=1S/C21H24ClF4N3O2/c22-15-2-1-14(9-16(15)23)27-18(31)13-3-5-19(6-4-13)11-29(12-19)10-17(30)28-20(7-8-20)21(24,25)26/h1-2,9,13H,3-8,10-12H2,(H,27,31)(H,28,30). The molecule has 2 saturated carbocycles. The normalized spacial score (nSPS) is 22.6. The minimum absolute atomic E-state index is 0.00784. The Labute approximate surface area is 182 Å². The number of hydrogen-bond donors (Lipinski definition) is 2. The molecule has 3 fully saturated rings. The number of carbonyl (C=O) groups is 2. The maximum atomic E-state index is 13.5. The molecule has 2 amide bonds. The predicted octanol–water partition coefficient (Wildman–Crippen LogP) is 4.12. The number of nitrogens with one attached hydrogen (secondary N) is 2. The molecule has 0 aromatic heterocycles. The lowest BCUT2D eigenvalue weighted by molar-refractivity contribution is -0.171. The van der Waals surface area contributed by atoms with Gasteiger partial charge in [0.1, 0.15) is 11.4 Å². The third-order valence-electron chi connectivity index (χ3n) is 6.76. The Kier molecular flexibility index (Phi) is 5.70. The zero-order valence-electron chi connectivity index (χ0n) is 16.8. The first-order valence-corrected chi connectivity index (χ1v) is 10.7. The Morgan fingerprint density at radius 2 is 1.77 bits per heavy atom. The van der Waals surface area contributed by atoms with Gasteiger partial charge in [0, 0.05) is 24.7 Å². The van der Waals surface area contributed by atoms with Gasteiger partial charge in [0.2, 0.25) is 11.8 Å². The molecule has 1 heterocycles. The van der Waals surface area contributed by atoms with Crippen LogP contribution >= 0.6 is 11.6 Å². The maximum absolute atomic E-state index is 13.5. The van der Waals surface area contributed by atoms with Crippen LogP contribution in [0.1, 0.15) is 38.5 Å². The molecule has 0 unspecified atom stereocenters.